The number of hydrogen-bond donors (Lipinski definition) is 1. The first-order valence-corrected chi connectivity index (χ1v) is 9.08. The van der Waals surface area contributed by atoms with Gasteiger partial charge in [0.05, 0.1) is 27.2 Å². The van der Waals surface area contributed by atoms with Gasteiger partial charge in [0.1, 0.15) is 0 Å². The minimum absolute atomic E-state index is 0.0679. The second-order valence-electron chi connectivity index (χ2n) is 5.17. The normalized spacial score (nSPS) is 11.7. The van der Waals surface area contributed by atoms with Gasteiger partial charge in [-0.1, -0.05) is 62.9 Å². The number of carbonyl (C=O) groups excluding carboxylic acids is 2. The number of hydrogen-bond acceptors (Lipinski definition) is 3. The van der Waals surface area contributed by atoms with Crippen LogP contribution in [0.4, 0.5) is 5.69 Å². The molecule has 1 N–H and O–H groups in total. The van der Waals surface area contributed by atoms with Crippen LogP contribution in [0.1, 0.15) is 12.5 Å². The molecule has 2 rings (SSSR count). The highest BCUT2D eigenvalue weighted by atomic mass is 79.9. The average Bonchev–Trinajstić information content (AvgIpc) is 2.54. The van der Waals surface area contributed by atoms with Crippen LogP contribution in [0.5, 0.6) is 0 Å². The Morgan fingerprint density at radius 3 is 2.32 bits per heavy atom. The van der Waals surface area contributed by atoms with Crippen molar-refractivity contribution >= 4 is 68.3 Å². The van der Waals surface area contributed by atoms with Crippen molar-refractivity contribution in [2.75, 3.05) is 5.32 Å². The van der Waals surface area contributed by atoms with Gasteiger partial charge in [0, 0.05) is 4.47 Å². The first-order valence-electron chi connectivity index (χ1n) is 7.15. The number of anilines is 1. The summed E-state index contributed by atoms with van der Waals surface area (Å²) in [6.07, 6.45) is -0.924. The second-order valence-corrected chi connectivity index (χ2v) is 7.31. The Balaban J connectivity index is 1.94. The largest absolute Gasteiger partial charge is 0.452 e. The summed E-state index contributed by atoms with van der Waals surface area (Å²) in [6, 6.07) is 10.1. The molecule has 0 aliphatic carbocycles. The van der Waals surface area contributed by atoms with Crippen molar-refractivity contribution in [3.05, 3.63) is 61.5 Å². The maximum atomic E-state index is 12.2. The summed E-state index contributed by atoms with van der Waals surface area (Å²) < 4.78 is 6.06. The summed E-state index contributed by atoms with van der Waals surface area (Å²) >= 11 is 21.1. The predicted molar refractivity (Wildman–Crippen MR) is 104 cm³/mol. The van der Waals surface area contributed by atoms with Crippen LogP contribution in [0.25, 0.3) is 0 Å². The molecule has 1 atom stereocenters. The van der Waals surface area contributed by atoms with E-state index in [4.69, 9.17) is 39.5 Å². The zero-order valence-electron chi connectivity index (χ0n) is 13.0. The van der Waals surface area contributed by atoms with Gasteiger partial charge in [-0.05, 0) is 36.8 Å². The molecule has 0 spiro atoms. The third-order valence-electron chi connectivity index (χ3n) is 3.21. The zero-order valence-corrected chi connectivity index (χ0v) is 16.8. The van der Waals surface area contributed by atoms with Gasteiger partial charge >= 0.3 is 5.97 Å². The number of esters is 1. The molecule has 4 nitrogen and oxygen atoms in total. The Morgan fingerprint density at radius 1 is 1.08 bits per heavy atom. The van der Waals surface area contributed by atoms with Crippen molar-refractivity contribution in [1.29, 1.82) is 0 Å². The van der Waals surface area contributed by atoms with Gasteiger partial charge in [-0.15, -0.1) is 0 Å². The van der Waals surface area contributed by atoms with Gasteiger partial charge < -0.3 is 10.1 Å². The standard InChI is InChI=1S/C17H13BrCl3NO3/c1-9(25-16(23)6-10-2-4-11(18)5-3-10)17(24)22-15-8-13(20)12(19)7-14(15)21/h2-5,7-9H,6H2,1H3,(H,22,24). The summed E-state index contributed by atoms with van der Waals surface area (Å²) in [5, 5.41) is 3.32. The lowest BCUT2D eigenvalue weighted by molar-refractivity contribution is -0.152. The smallest absolute Gasteiger partial charge is 0.311 e. The molecule has 2 aromatic carbocycles. The number of amides is 1. The van der Waals surface area contributed by atoms with Gasteiger partial charge in [0.15, 0.2) is 6.10 Å². The van der Waals surface area contributed by atoms with Crippen molar-refractivity contribution in [1.82, 2.24) is 0 Å². The Kier molecular flexibility index (Phi) is 7.14. The molecule has 0 heterocycles. The molecule has 1 amide bonds. The SMILES string of the molecule is CC(OC(=O)Cc1ccc(Br)cc1)C(=O)Nc1cc(Cl)c(Cl)cc1Cl. The molecular weight excluding hydrogens is 452 g/mol. The lowest BCUT2D eigenvalue weighted by atomic mass is 10.1. The van der Waals surface area contributed by atoms with Crippen LogP contribution in [0, 0.1) is 0 Å². The number of nitrogens with one attached hydrogen (secondary N) is 1. The Labute approximate surface area is 168 Å². The van der Waals surface area contributed by atoms with Crippen molar-refractivity contribution in [2.45, 2.75) is 19.4 Å². The first kappa shape index (κ1) is 20.0. The van der Waals surface area contributed by atoms with E-state index in [0.29, 0.717) is 0 Å². The Hall–Kier alpha value is -1.27. The van der Waals surface area contributed by atoms with E-state index in [1.165, 1.54) is 19.1 Å². The summed E-state index contributed by atoms with van der Waals surface area (Å²) in [6.45, 7) is 1.47. The highest BCUT2D eigenvalue weighted by Gasteiger charge is 2.19. The van der Waals surface area contributed by atoms with E-state index in [0.717, 1.165) is 10.0 Å². The van der Waals surface area contributed by atoms with E-state index >= 15 is 0 Å². The minimum Gasteiger partial charge on any atom is -0.452 e. The van der Waals surface area contributed by atoms with Crippen LogP contribution in [-0.4, -0.2) is 18.0 Å². The predicted octanol–water partition coefficient (Wildman–Crippen LogP) is 5.52. The van der Waals surface area contributed by atoms with Crippen LogP contribution in [-0.2, 0) is 20.7 Å². The van der Waals surface area contributed by atoms with Crippen LogP contribution in [0.2, 0.25) is 15.1 Å². The molecule has 1 unspecified atom stereocenters. The van der Waals surface area contributed by atoms with Crippen LogP contribution in [0.15, 0.2) is 40.9 Å². The van der Waals surface area contributed by atoms with Crippen LogP contribution in [0.3, 0.4) is 0 Å². The van der Waals surface area contributed by atoms with Gasteiger partial charge in [0.2, 0.25) is 0 Å². The lowest BCUT2D eigenvalue weighted by Gasteiger charge is -2.15. The molecule has 0 aromatic heterocycles. The second kappa shape index (κ2) is 8.90. The van der Waals surface area contributed by atoms with Crippen LogP contribution >= 0.6 is 50.7 Å². The maximum Gasteiger partial charge on any atom is 0.311 e. The molecule has 0 aliphatic rings. The molecule has 132 valence electrons. The number of carbonyl (C=O) groups is 2. The third kappa shape index (κ3) is 5.89. The number of halogens is 4. The topological polar surface area (TPSA) is 55.4 Å². The Bertz CT molecular complexity index is 796. The van der Waals surface area contributed by atoms with Crippen molar-refractivity contribution < 1.29 is 14.3 Å². The van der Waals surface area contributed by atoms with Gasteiger partial charge in [-0.2, -0.15) is 0 Å². The summed E-state index contributed by atoms with van der Waals surface area (Å²) in [5.74, 6) is -1.03. The van der Waals surface area contributed by atoms with E-state index in [9.17, 15) is 9.59 Å². The van der Waals surface area contributed by atoms with Gasteiger partial charge in [-0.25, -0.2) is 0 Å². The molecule has 0 bridgehead atoms. The number of benzene rings is 2. The molecule has 0 saturated heterocycles. The van der Waals surface area contributed by atoms with E-state index in [-0.39, 0.29) is 27.2 Å². The fourth-order valence-electron chi connectivity index (χ4n) is 1.91. The van der Waals surface area contributed by atoms with E-state index in [1.54, 1.807) is 12.1 Å². The monoisotopic (exact) mass is 463 g/mol. The average molecular weight is 466 g/mol. The quantitative estimate of drug-likeness (QED) is 0.467. The summed E-state index contributed by atoms with van der Waals surface area (Å²) in [4.78, 5) is 24.1. The first-order chi connectivity index (χ1) is 11.8. The fourth-order valence-corrected chi connectivity index (χ4v) is 2.77. The molecular formula is C17H13BrCl3NO3. The van der Waals surface area contributed by atoms with E-state index in [1.807, 2.05) is 12.1 Å². The molecule has 8 heteroatoms. The fraction of sp³-hybridized carbons (Fsp3) is 0.176. The van der Waals surface area contributed by atoms with Crippen molar-refractivity contribution in [3.63, 3.8) is 0 Å². The third-order valence-corrected chi connectivity index (χ3v) is 4.77. The highest BCUT2D eigenvalue weighted by molar-refractivity contribution is 9.10. The van der Waals surface area contributed by atoms with E-state index < -0.39 is 18.0 Å². The number of rotatable bonds is 5. The van der Waals surface area contributed by atoms with Crippen molar-refractivity contribution in [3.8, 4) is 0 Å². The lowest BCUT2D eigenvalue weighted by Crippen LogP contribution is -2.30. The number of ether oxygens (including phenoxy) is 1. The molecule has 0 fully saturated rings. The molecule has 0 saturated carbocycles. The minimum atomic E-state index is -0.992. The van der Waals surface area contributed by atoms with Crippen molar-refractivity contribution in [2.24, 2.45) is 0 Å². The molecule has 0 radical (unpaired) electrons. The molecule has 25 heavy (non-hydrogen) atoms. The molecule has 0 aliphatic heterocycles. The van der Waals surface area contributed by atoms with Crippen LogP contribution < -0.4 is 5.32 Å². The van der Waals surface area contributed by atoms with Gasteiger partial charge in [0.25, 0.3) is 5.91 Å². The molecule has 2 aromatic rings. The Morgan fingerprint density at radius 2 is 1.68 bits per heavy atom. The highest BCUT2D eigenvalue weighted by Crippen LogP contribution is 2.32. The van der Waals surface area contributed by atoms with E-state index in [2.05, 4.69) is 21.2 Å². The maximum absolute atomic E-state index is 12.2. The summed E-state index contributed by atoms with van der Waals surface area (Å²) in [7, 11) is 0. The zero-order chi connectivity index (χ0) is 18.6. The summed E-state index contributed by atoms with van der Waals surface area (Å²) in [5.41, 5.74) is 1.07. The van der Waals surface area contributed by atoms with Gasteiger partial charge in [-0.3, -0.25) is 9.59 Å².